The number of hydrogen-bond donors (Lipinski definition) is 3. The van der Waals surface area contributed by atoms with Gasteiger partial charge in [0.25, 0.3) is 11.8 Å². The number of aromatic nitrogens is 2. The Bertz CT molecular complexity index is 1810. The number of carbonyl (C=O) groups excluding carboxylic acids is 2. The van der Waals surface area contributed by atoms with Crippen molar-refractivity contribution >= 4 is 22.7 Å². The van der Waals surface area contributed by atoms with Crippen LogP contribution in [-0.2, 0) is 5.60 Å². The number of primary amides is 1. The number of halogens is 4. The van der Waals surface area contributed by atoms with Crippen LogP contribution in [0.4, 0.5) is 17.6 Å². The van der Waals surface area contributed by atoms with Gasteiger partial charge in [0.1, 0.15) is 28.4 Å². The number of rotatable bonds is 10. The molecule has 1 aliphatic carbocycles. The molecule has 13 heteroatoms. The van der Waals surface area contributed by atoms with Gasteiger partial charge in [-0.2, -0.15) is 4.39 Å². The van der Waals surface area contributed by atoms with E-state index in [0.717, 1.165) is 0 Å². The minimum absolute atomic E-state index is 0.0144. The lowest BCUT2D eigenvalue weighted by molar-refractivity contribution is 0.00946. The van der Waals surface area contributed by atoms with E-state index in [2.05, 4.69) is 15.3 Å². The van der Waals surface area contributed by atoms with Crippen LogP contribution < -0.4 is 20.5 Å². The van der Waals surface area contributed by atoms with E-state index in [9.17, 15) is 32.3 Å². The molecule has 2 aromatic carbocycles. The van der Waals surface area contributed by atoms with Crippen molar-refractivity contribution in [2.24, 2.45) is 11.7 Å². The van der Waals surface area contributed by atoms with Crippen LogP contribution in [0.15, 0.2) is 36.4 Å². The summed E-state index contributed by atoms with van der Waals surface area (Å²) in [6, 6.07) is 6.46. The van der Waals surface area contributed by atoms with Crippen LogP contribution in [0.2, 0.25) is 0 Å². The van der Waals surface area contributed by atoms with E-state index in [0.29, 0.717) is 30.4 Å². The Balaban J connectivity index is 1.57. The predicted molar refractivity (Wildman–Crippen MR) is 151 cm³/mol. The van der Waals surface area contributed by atoms with E-state index in [4.69, 9.17) is 15.2 Å². The Morgan fingerprint density at radius 2 is 1.75 bits per heavy atom. The highest BCUT2D eigenvalue weighted by molar-refractivity contribution is 6.00. The number of nitrogens with two attached hydrogens (primary N) is 1. The van der Waals surface area contributed by atoms with Crippen molar-refractivity contribution in [3.8, 4) is 22.8 Å². The Hall–Kier alpha value is -4.78. The first-order valence-electron chi connectivity index (χ1n) is 13.7. The van der Waals surface area contributed by atoms with Gasteiger partial charge in [-0.3, -0.25) is 9.59 Å². The molecule has 0 unspecified atom stereocenters. The summed E-state index contributed by atoms with van der Waals surface area (Å²) >= 11 is 0. The Morgan fingerprint density at radius 3 is 2.39 bits per heavy atom. The minimum Gasteiger partial charge on any atom is -0.494 e. The number of fused-ring (bicyclic) bond motifs is 1. The number of ether oxygens (including phenoxy) is 2. The van der Waals surface area contributed by atoms with Crippen LogP contribution in [0.25, 0.3) is 22.2 Å². The second-order valence-electron chi connectivity index (χ2n) is 10.5. The van der Waals surface area contributed by atoms with Gasteiger partial charge in [-0.05, 0) is 62.9 Å². The molecule has 0 bridgehead atoms. The molecule has 2 heterocycles. The predicted octanol–water partition coefficient (Wildman–Crippen LogP) is 4.70. The van der Waals surface area contributed by atoms with Crippen molar-refractivity contribution in [1.82, 2.24) is 15.3 Å². The lowest BCUT2D eigenvalue weighted by Crippen LogP contribution is -2.43. The zero-order chi connectivity index (χ0) is 31.9. The first-order chi connectivity index (χ1) is 20.9. The third kappa shape index (κ3) is 5.62. The summed E-state index contributed by atoms with van der Waals surface area (Å²) < 4.78 is 67.9. The highest BCUT2D eigenvalue weighted by Gasteiger charge is 2.47. The van der Waals surface area contributed by atoms with E-state index in [1.165, 1.54) is 38.3 Å². The van der Waals surface area contributed by atoms with Gasteiger partial charge >= 0.3 is 0 Å². The van der Waals surface area contributed by atoms with Gasteiger partial charge in [0.2, 0.25) is 5.95 Å². The molecule has 1 fully saturated rings. The van der Waals surface area contributed by atoms with Gasteiger partial charge in [-0.1, -0.05) is 0 Å². The normalized spacial score (nSPS) is 14.3. The standard InChI is InChI=1S/C31H28F4N4O5/c1-4-44-27-19(29(36)40)11-24(38-26(27)18-10-21(33)22(34)12-20(18)32)31(42,17-5-6-17)13-37-30(41)16-8-15-7-14(2)28(35)39-25(15)23(9-16)43-3/h7-12,17,42H,4-6,13H2,1-3H3,(H2,36,40)(H,37,41)/t31-/m1/s1. The molecule has 9 nitrogen and oxygen atoms in total. The molecule has 4 aromatic rings. The molecule has 2 aromatic heterocycles. The van der Waals surface area contributed by atoms with Gasteiger partial charge in [0.15, 0.2) is 17.4 Å². The number of methoxy groups -OCH3 is 1. The average Bonchev–Trinajstić information content (AvgIpc) is 3.84. The maximum absolute atomic E-state index is 15.0. The van der Waals surface area contributed by atoms with Gasteiger partial charge in [0, 0.05) is 28.1 Å². The Morgan fingerprint density at radius 1 is 1.05 bits per heavy atom. The van der Waals surface area contributed by atoms with Crippen molar-refractivity contribution in [3.05, 3.63) is 82.2 Å². The van der Waals surface area contributed by atoms with Crippen LogP contribution in [0.1, 0.15) is 51.7 Å². The average molecular weight is 613 g/mol. The maximum atomic E-state index is 15.0. The number of amides is 2. The fourth-order valence-corrected chi connectivity index (χ4v) is 5.06. The van der Waals surface area contributed by atoms with Crippen LogP contribution >= 0.6 is 0 Å². The summed E-state index contributed by atoms with van der Waals surface area (Å²) in [5.41, 5.74) is 2.98. The van der Waals surface area contributed by atoms with Crippen molar-refractivity contribution in [2.75, 3.05) is 20.3 Å². The molecule has 1 saturated carbocycles. The van der Waals surface area contributed by atoms with Gasteiger partial charge in [0.05, 0.1) is 31.5 Å². The van der Waals surface area contributed by atoms with Crippen LogP contribution in [0, 0.1) is 36.2 Å². The van der Waals surface area contributed by atoms with E-state index in [1.807, 2.05) is 0 Å². The molecule has 1 atom stereocenters. The van der Waals surface area contributed by atoms with Crippen LogP contribution in [-0.4, -0.2) is 47.2 Å². The van der Waals surface area contributed by atoms with E-state index in [1.54, 1.807) is 6.92 Å². The fourth-order valence-electron chi connectivity index (χ4n) is 5.06. The molecule has 230 valence electrons. The molecule has 2 amide bonds. The number of nitrogens with zero attached hydrogens (tertiary/aromatic N) is 2. The lowest BCUT2D eigenvalue weighted by Gasteiger charge is -2.29. The van der Waals surface area contributed by atoms with E-state index < -0.39 is 58.8 Å². The summed E-state index contributed by atoms with van der Waals surface area (Å²) in [7, 11) is 1.35. The van der Waals surface area contributed by atoms with Gasteiger partial charge in [-0.25, -0.2) is 23.1 Å². The maximum Gasteiger partial charge on any atom is 0.252 e. The van der Waals surface area contributed by atoms with Crippen molar-refractivity contribution in [2.45, 2.75) is 32.3 Å². The third-order valence-corrected chi connectivity index (χ3v) is 7.50. The van der Waals surface area contributed by atoms with Gasteiger partial charge in [-0.15, -0.1) is 0 Å². The third-order valence-electron chi connectivity index (χ3n) is 7.50. The second-order valence-corrected chi connectivity index (χ2v) is 10.5. The Labute approximate surface area is 249 Å². The van der Waals surface area contributed by atoms with Crippen LogP contribution in [0.5, 0.6) is 11.5 Å². The van der Waals surface area contributed by atoms with Crippen LogP contribution in [0.3, 0.4) is 0 Å². The molecule has 5 rings (SSSR count). The minimum atomic E-state index is -1.89. The zero-order valence-corrected chi connectivity index (χ0v) is 23.9. The number of hydrogen-bond acceptors (Lipinski definition) is 7. The number of pyridine rings is 2. The molecule has 1 aliphatic rings. The lowest BCUT2D eigenvalue weighted by atomic mass is 9.90. The molecule has 0 aliphatic heterocycles. The molecule has 0 spiro atoms. The van der Waals surface area contributed by atoms with Crippen molar-refractivity contribution in [1.29, 1.82) is 0 Å². The second kappa shape index (κ2) is 11.7. The summed E-state index contributed by atoms with van der Waals surface area (Å²) in [6.45, 7) is 2.69. The van der Waals surface area contributed by atoms with E-state index in [-0.39, 0.29) is 51.7 Å². The quantitative estimate of drug-likeness (QED) is 0.134. The van der Waals surface area contributed by atoms with Crippen molar-refractivity contribution in [3.63, 3.8) is 0 Å². The summed E-state index contributed by atoms with van der Waals surface area (Å²) in [6.07, 6.45) is 1.06. The summed E-state index contributed by atoms with van der Waals surface area (Å²) in [5, 5.41) is 15.1. The largest absolute Gasteiger partial charge is 0.494 e. The molecule has 0 radical (unpaired) electrons. The molecule has 44 heavy (non-hydrogen) atoms. The molecule has 4 N–H and O–H groups in total. The highest BCUT2D eigenvalue weighted by Crippen LogP contribution is 2.47. The first-order valence-corrected chi connectivity index (χ1v) is 13.7. The molecule has 0 saturated heterocycles. The smallest absolute Gasteiger partial charge is 0.252 e. The first kappa shape index (κ1) is 30.7. The Kier molecular flexibility index (Phi) is 8.17. The number of nitrogens with one attached hydrogen (secondary N) is 1. The highest BCUT2D eigenvalue weighted by atomic mass is 19.2. The summed E-state index contributed by atoms with van der Waals surface area (Å²) in [4.78, 5) is 34.1. The number of benzene rings is 2. The monoisotopic (exact) mass is 612 g/mol. The molecular weight excluding hydrogens is 584 g/mol. The van der Waals surface area contributed by atoms with Crippen molar-refractivity contribution < 1.29 is 41.7 Å². The zero-order valence-electron chi connectivity index (χ0n) is 23.9. The number of carbonyl (C=O) groups is 2. The number of aliphatic hydroxyl groups is 1. The fraction of sp³-hybridized carbons (Fsp3) is 0.290. The summed E-state index contributed by atoms with van der Waals surface area (Å²) in [5.74, 6) is -6.87. The SMILES string of the molecule is CCOc1c(C(N)=O)cc([C@@](O)(CNC(=O)c2cc(OC)c3nc(F)c(C)cc3c2)C2CC2)nc1-c1cc(F)c(F)cc1F. The van der Waals surface area contributed by atoms with E-state index >= 15 is 0 Å². The molecular formula is C31H28F4N4O5. The topological polar surface area (TPSA) is 137 Å². The number of aryl methyl sites for hydroxylation is 1. The van der Waals surface area contributed by atoms with Gasteiger partial charge < -0.3 is 25.6 Å².